The molecular formula is C18H25N3O3. The average molecular weight is 331 g/mol. The van der Waals surface area contributed by atoms with Crippen molar-refractivity contribution in [3.63, 3.8) is 0 Å². The van der Waals surface area contributed by atoms with Gasteiger partial charge in [-0.2, -0.15) is 0 Å². The van der Waals surface area contributed by atoms with E-state index < -0.39 is 0 Å². The predicted molar refractivity (Wildman–Crippen MR) is 91.7 cm³/mol. The van der Waals surface area contributed by atoms with Crippen LogP contribution in [0.5, 0.6) is 0 Å². The standard InChI is InChI=1S/C18H25N3O3/c1-13(22)15-10-17(19-11-15)18(23)20-16-4-2-3-14(9-16)12-21-5-7-24-8-6-21/h2-4,9,15,17,19H,5-8,10-12H2,1H3,(H,20,23). The van der Waals surface area contributed by atoms with Gasteiger partial charge in [0.05, 0.1) is 19.3 Å². The van der Waals surface area contributed by atoms with Crippen molar-refractivity contribution < 1.29 is 14.3 Å². The fraction of sp³-hybridized carbons (Fsp3) is 0.556. The Balaban J connectivity index is 1.56. The van der Waals surface area contributed by atoms with Crippen molar-refractivity contribution in [2.75, 3.05) is 38.2 Å². The van der Waals surface area contributed by atoms with Crippen LogP contribution in [-0.4, -0.2) is 55.5 Å². The summed E-state index contributed by atoms with van der Waals surface area (Å²) in [6, 6.07) is 7.67. The third kappa shape index (κ3) is 4.41. The first-order valence-corrected chi connectivity index (χ1v) is 8.55. The maximum atomic E-state index is 12.4. The Morgan fingerprint density at radius 3 is 2.83 bits per heavy atom. The number of hydrogen-bond donors (Lipinski definition) is 2. The van der Waals surface area contributed by atoms with Crippen molar-refractivity contribution in [2.45, 2.75) is 25.9 Å². The van der Waals surface area contributed by atoms with E-state index in [1.54, 1.807) is 6.92 Å². The molecule has 2 saturated heterocycles. The Kier molecular flexibility index (Phi) is 5.60. The highest BCUT2D eigenvalue weighted by molar-refractivity contribution is 5.95. The van der Waals surface area contributed by atoms with E-state index in [0.29, 0.717) is 13.0 Å². The van der Waals surface area contributed by atoms with Gasteiger partial charge < -0.3 is 15.4 Å². The maximum Gasteiger partial charge on any atom is 0.241 e. The SMILES string of the molecule is CC(=O)C1CNC(C(=O)Nc2cccc(CN3CCOCC3)c2)C1. The van der Waals surface area contributed by atoms with Crippen molar-refractivity contribution >= 4 is 17.4 Å². The minimum atomic E-state index is -0.290. The first-order valence-electron chi connectivity index (χ1n) is 8.55. The summed E-state index contributed by atoms with van der Waals surface area (Å²) in [6.45, 7) is 6.47. The fourth-order valence-electron chi connectivity index (χ4n) is 3.24. The minimum Gasteiger partial charge on any atom is -0.379 e. The average Bonchev–Trinajstić information content (AvgIpc) is 3.06. The van der Waals surface area contributed by atoms with Crippen LogP contribution < -0.4 is 10.6 Å². The number of benzene rings is 1. The molecule has 6 nitrogen and oxygen atoms in total. The summed E-state index contributed by atoms with van der Waals surface area (Å²) in [5.41, 5.74) is 1.98. The molecule has 3 rings (SSSR count). The molecule has 1 amide bonds. The third-order valence-electron chi connectivity index (χ3n) is 4.73. The summed E-state index contributed by atoms with van der Waals surface area (Å²) in [5.74, 6) is 0.0287. The van der Waals surface area contributed by atoms with E-state index in [1.807, 2.05) is 18.2 Å². The number of Topliss-reactive ketones (excluding diaryl/α,β-unsaturated/α-hetero) is 1. The Labute approximate surface area is 142 Å². The summed E-state index contributed by atoms with van der Waals surface area (Å²) < 4.78 is 5.37. The predicted octanol–water partition coefficient (Wildman–Crippen LogP) is 1.02. The van der Waals surface area contributed by atoms with Gasteiger partial charge in [0.15, 0.2) is 0 Å². The van der Waals surface area contributed by atoms with Crippen LogP contribution in [0.2, 0.25) is 0 Å². The number of nitrogens with one attached hydrogen (secondary N) is 2. The van der Waals surface area contributed by atoms with Gasteiger partial charge in [-0.05, 0) is 31.0 Å². The van der Waals surface area contributed by atoms with Crippen LogP contribution in [-0.2, 0) is 20.9 Å². The molecule has 0 saturated carbocycles. The van der Waals surface area contributed by atoms with E-state index in [2.05, 4.69) is 21.6 Å². The Bertz CT molecular complexity index is 599. The number of amides is 1. The normalized spacial score (nSPS) is 24.7. The van der Waals surface area contributed by atoms with Gasteiger partial charge in [-0.1, -0.05) is 12.1 Å². The largest absolute Gasteiger partial charge is 0.379 e. The van der Waals surface area contributed by atoms with Crippen LogP contribution in [0, 0.1) is 5.92 Å². The number of carbonyl (C=O) groups is 2. The molecule has 0 spiro atoms. The monoisotopic (exact) mass is 331 g/mol. The van der Waals surface area contributed by atoms with Gasteiger partial charge in [-0.15, -0.1) is 0 Å². The van der Waals surface area contributed by atoms with E-state index in [1.165, 1.54) is 5.56 Å². The molecule has 2 fully saturated rings. The number of nitrogens with zero attached hydrogens (tertiary/aromatic N) is 1. The molecular weight excluding hydrogens is 306 g/mol. The number of carbonyl (C=O) groups excluding carboxylic acids is 2. The molecule has 2 atom stereocenters. The minimum absolute atomic E-state index is 0.0478. The lowest BCUT2D eigenvalue weighted by molar-refractivity contribution is -0.120. The quantitative estimate of drug-likeness (QED) is 0.843. The lowest BCUT2D eigenvalue weighted by Gasteiger charge is -2.26. The van der Waals surface area contributed by atoms with E-state index in [0.717, 1.165) is 38.5 Å². The first-order chi connectivity index (χ1) is 11.6. The van der Waals surface area contributed by atoms with Gasteiger partial charge in [0.25, 0.3) is 0 Å². The molecule has 0 aliphatic carbocycles. The molecule has 2 unspecified atom stereocenters. The van der Waals surface area contributed by atoms with Gasteiger partial charge in [0.2, 0.25) is 5.91 Å². The molecule has 2 heterocycles. The summed E-state index contributed by atoms with van der Waals surface area (Å²) in [4.78, 5) is 26.1. The molecule has 6 heteroatoms. The topological polar surface area (TPSA) is 70.7 Å². The van der Waals surface area contributed by atoms with Gasteiger partial charge in [-0.3, -0.25) is 14.5 Å². The van der Waals surface area contributed by atoms with Crippen LogP contribution in [0.1, 0.15) is 18.9 Å². The third-order valence-corrected chi connectivity index (χ3v) is 4.73. The lowest BCUT2D eigenvalue weighted by Crippen LogP contribution is -2.36. The molecule has 24 heavy (non-hydrogen) atoms. The number of anilines is 1. The molecule has 1 aromatic carbocycles. The Morgan fingerprint density at radius 1 is 1.33 bits per heavy atom. The smallest absolute Gasteiger partial charge is 0.241 e. The second kappa shape index (κ2) is 7.88. The highest BCUT2D eigenvalue weighted by atomic mass is 16.5. The van der Waals surface area contributed by atoms with Crippen LogP contribution in [0.4, 0.5) is 5.69 Å². The molecule has 0 bridgehead atoms. The molecule has 0 aromatic heterocycles. The summed E-state index contributed by atoms with van der Waals surface area (Å²) in [5, 5.41) is 6.10. The number of ether oxygens (including phenoxy) is 1. The molecule has 130 valence electrons. The second-order valence-corrected chi connectivity index (χ2v) is 6.58. The summed E-state index contributed by atoms with van der Waals surface area (Å²) in [7, 11) is 0. The van der Waals surface area contributed by atoms with Gasteiger partial charge in [0, 0.05) is 37.8 Å². The van der Waals surface area contributed by atoms with E-state index in [9.17, 15) is 9.59 Å². The van der Waals surface area contributed by atoms with Crippen molar-refractivity contribution in [1.82, 2.24) is 10.2 Å². The van der Waals surface area contributed by atoms with Crippen molar-refractivity contribution in [1.29, 1.82) is 0 Å². The fourth-order valence-corrected chi connectivity index (χ4v) is 3.24. The van der Waals surface area contributed by atoms with Crippen LogP contribution in [0.15, 0.2) is 24.3 Å². The van der Waals surface area contributed by atoms with Crippen molar-refractivity contribution in [3.8, 4) is 0 Å². The summed E-state index contributed by atoms with van der Waals surface area (Å²) in [6.07, 6.45) is 0.578. The first kappa shape index (κ1) is 17.1. The highest BCUT2D eigenvalue weighted by Gasteiger charge is 2.31. The van der Waals surface area contributed by atoms with Gasteiger partial charge in [-0.25, -0.2) is 0 Å². The Morgan fingerprint density at radius 2 is 2.12 bits per heavy atom. The number of rotatable bonds is 5. The van der Waals surface area contributed by atoms with Crippen molar-refractivity contribution in [3.05, 3.63) is 29.8 Å². The molecule has 0 radical (unpaired) electrons. The number of ketones is 1. The number of morpholine rings is 1. The van der Waals surface area contributed by atoms with Crippen molar-refractivity contribution in [2.24, 2.45) is 5.92 Å². The lowest BCUT2D eigenvalue weighted by atomic mass is 10.0. The molecule has 2 N–H and O–H groups in total. The van der Waals surface area contributed by atoms with Gasteiger partial charge in [0.1, 0.15) is 5.78 Å². The molecule has 2 aliphatic rings. The molecule has 2 aliphatic heterocycles. The van der Waals surface area contributed by atoms with E-state index >= 15 is 0 Å². The zero-order chi connectivity index (χ0) is 16.9. The highest BCUT2D eigenvalue weighted by Crippen LogP contribution is 2.18. The zero-order valence-electron chi connectivity index (χ0n) is 14.1. The van der Waals surface area contributed by atoms with E-state index in [-0.39, 0.29) is 23.7 Å². The van der Waals surface area contributed by atoms with Crippen LogP contribution >= 0.6 is 0 Å². The summed E-state index contributed by atoms with van der Waals surface area (Å²) >= 11 is 0. The maximum absolute atomic E-state index is 12.4. The van der Waals surface area contributed by atoms with Crippen LogP contribution in [0.25, 0.3) is 0 Å². The molecule has 1 aromatic rings. The Hall–Kier alpha value is -1.76. The van der Waals surface area contributed by atoms with Gasteiger partial charge >= 0.3 is 0 Å². The second-order valence-electron chi connectivity index (χ2n) is 6.58. The number of hydrogen-bond acceptors (Lipinski definition) is 5. The van der Waals surface area contributed by atoms with Crippen LogP contribution in [0.3, 0.4) is 0 Å². The van der Waals surface area contributed by atoms with E-state index in [4.69, 9.17) is 4.74 Å². The zero-order valence-corrected chi connectivity index (χ0v) is 14.1.